The monoisotopic (exact) mass is 465 g/mol. The lowest BCUT2D eigenvalue weighted by atomic mass is 10.2. The summed E-state index contributed by atoms with van der Waals surface area (Å²) in [7, 11) is 0. The quantitative estimate of drug-likeness (QED) is 0.485. The Morgan fingerprint density at radius 3 is 2.65 bits per heavy atom. The summed E-state index contributed by atoms with van der Waals surface area (Å²) in [5, 5.41) is 10.8. The van der Waals surface area contributed by atoms with Gasteiger partial charge in [0.15, 0.2) is 0 Å². The highest BCUT2D eigenvalue weighted by atomic mass is 35.5. The van der Waals surface area contributed by atoms with E-state index in [4.69, 9.17) is 23.2 Å². The van der Waals surface area contributed by atoms with E-state index in [1.54, 1.807) is 28.6 Å². The summed E-state index contributed by atoms with van der Waals surface area (Å²) >= 11 is 12.2. The molecule has 0 aliphatic carbocycles. The molecule has 10 heteroatoms. The van der Waals surface area contributed by atoms with Gasteiger partial charge in [-0.2, -0.15) is 5.10 Å². The van der Waals surface area contributed by atoms with E-state index in [0.717, 1.165) is 18.5 Å². The number of hydrogen-bond donors (Lipinski definition) is 2. The van der Waals surface area contributed by atoms with Crippen molar-refractivity contribution in [2.75, 3.05) is 25.0 Å². The number of aryl methyl sites for hydroxylation is 1. The fourth-order valence-corrected chi connectivity index (χ4v) is 3.97. The number of carbonyl (C=O) groups excluding carboxylic acids is 3. The lowest BCUT2D eigenvalue weighted by Gasteiger charge is -2.15. The second-order valence-corrected chi connectivity index (χ2v) is 8.33. The molecule has 0 atom stereocenters. The molecule has 1 aromatic carbocycles. The van der Waals surface area contributed by atoms with Crippen molar-refractivity contribution in [3.8, 4) is 0 Å². The Labute approximate surface area is 190 Å². The fourth-order valence-electron chi connectivity index (χ4n) is 3.51. The van der Waals surface area contributed by atoms with Crippen LogP contribution in [0, 0.1) is 13.8 Å². The Bertz CT molecular complexity index is 1010. The number of amides is 3. The van der Waals surface area contributed by atoms with E-state index >= 15 is 0 Å². The lowest BCUT2D eigenvalue weighted by Crippen LogP contribution is -2.37. The van der Waals surface area contributed by atoms with Gasteiger partial charge in [-0.25, -0.2) is 0 Å². The molecule has 0 radical (unpaired) electrons. The average molecular weight is 466 g/mol. The summed E-state index contributed by atoms with van der Waals surface area (Å²) in [4.78, 5) is 37.8. The van der Waals surface area contributed by atoms with E-state index in [1.807, 2.05) is 13.0 Å². The number of rotatable bonds is 7. The number of nitrogens with one attached hydrogen (secondary N) is 2. The van der Waals surface area contributed by atoms with Crippen LogP contribution in [0.15, 0.2) is 18.2 Å². The normalized spacial score (nSPS) is 13.5. The molecule has 1 saturated heterocycles. The van der Waals surface area contributed by atoms with Gasteiger partial charge in [0.1, 0.15) is 0 Å². The average Bonchev–Trinajstić information content (AvgIpc) is 3.24. The predicted molar refractivity (Wildman–Crippen MR) is 119 cm³/mol. The highest BCUT2D eigenvalue weighted by Gasteiger charge is 2.21. The second-order valence-electron chi connectivity index (χ2n) is 7.49. The Hall–Kier alpha value is -2.58. The third-order valence-electron chi connectivity index (χ3n) is 5.22. The van der Waals surface area contributed by atoms with Gasteiger partial charge in [0.2, 0.25) is 5.91 Å². The van der Waals surface area contributed by atoms with E-state index in [2.05, 4.69) is 15.7 Å². The maximum atomic E-state index is 12.3. The van der Waals surface area contributed by atoms with Crippen LogP contribution in [0.25, 0.3) is 0 Å². The van der Waals surface area contributed by atoms with Crippen molar-refractivity contribution >= 4 is 46.6 Å². The number of likely N-dealkylation sites (tertiary alicyclic amines) is 1. The van der Waals surface area contributed by atoms with Crippen LogP contribution in [0.2, 0.25) is 10.0 Å². The van der Waals surface area contributed by atoms with Crippen molar-refractivity contribution < 1.29 is 14.4 Å². The van der Waals surface area contributed by atoms with Crippen LogP contribution in [0.1, 0.15) is 36.2 Å². The molecule has 1 aromatic heterocycles. The SMILES string of the molecule is Cc1nn(Cc2ccc(Cl)cc2Cl)c(C)c1NC(=O)C(=O)NCCCN1CCCC1=O. The molecule has 1 aliphatic rings. The third-order valence-corrected chi connectivity index (χ3v) is 5.81. The predicted octanol–water partition coefficient (Wildman–Crippen LogP) is 2.92. The van der Waals surface area contributed by atoms with Gasteiger partial charge in [-0.1, -0.05) is 29.3 Å². The number of carbonyl (C=O) groups is 3. The summed E-state index contributed by atoms with van der Waals surface area (Å²) < 4.78 is 1.71. The third kappa shape index (κ3) is 5.77. The highest BCUT2D eigenvalue weighted by Crippen LogP contribution is 2.25. The van der Waals surface area contributed by atoms with Crippen molar-refractivity contribution in [2.24, 2.45) is 0 Å². The molecule has 1 aliphatic heterocycles. The van der Waals surface area contributed by atoms with E-state index in [9.17, 15) is 14.4 Å². The van der Waals surface area contributed by atoms with Crippen LogP contribution in [0.3, 0.4) is 0 Å². The first-order chi connectivity index (χ1) is 14.8. The van der Waals surface area contributed by atoms with E-state index in [-0.39, 0.29) is 5.91 Å². The molecule has 1 fully saturated rings. The minimum absolute atomic E-state index is 0.145. The number of aromatic nitrogens is 2. The van der Waals surface area contributed by atoms with Gasteiger partial charge in [0.25, 0.3) is 0 Å². The van der Waals surface area contributed by atoms with Crippen LogP contribution < -0.4 is 10.6 Å². The van der Waals surface area contributed by atoms with Crippen LogP contribution in [-0.4, -0.2) is 52.0 Å². The lowest BCUT2D eigenvalue weighted by molar-refractivity contribution is -0.136. The fraction of sp³-hybridized carbons (Fsp3) is 0.429. The summed E-state index contributed by atoms with van der Waals surface area (Å²) in [5.74, 6) is -1.33. The van der Waals surface area contributed by atoms with Gasteiger partial charge in [0.05, 0.1) is 23.6 Å². The van der Waals surface area contributed by atoms with Gasteiger partial charge >= 0.3 is 11.8 Å². The highest BCUT2D eigenvalue weighted by molar-refractivity contribution is 6.39. The molecule has 31 heavy (non-hydrogen) atoms. The Balaban J connectivity index is 1.54. The first-order valence-electron chi connectivity index (χ1n) is 10.1. The molecule has 2 N–H and O–H groups in total. The van der Waals surface area contributed by atoms with Crippen molar-refractivity contribution in [3.63, 3.8) is 0 Å². The Morgan fingerprint density at radius 2 is 1.97 bits per heavy atom. The largest absolute Gasteiger partial charge is 0.348 e. The number of hydrogen-bond acceptors (Lipinski definition) is 4. The molecule has 0 saturated carbocycles. The smallest absolute Gasteiger partial charge is 0.313 e. The first kappa shape index (κ1) is 23.1. The Kier molecular flexibility index (Phi) is 7.56. The summed E-state index contributed by atoms with van der Waals surface area (Å²) in [5.41, 5.74) is 2.63. The van der Waals surface area contributed by atoms with Gasteiger partial charge in [-0.15, -0.1) is 0 Å². The van der Waals surface area contributed by atoms with E-state index in [1.165, 1.54) is 0 Å². The maximum Gasteiger partial charge on any atom is 0.313 e. The summed E-state index contributed by atoms with van der Waals surface area (Å²) in [6, 6.07) is 5.24. The van der Waals surface area contributed by atoms with E-state index < -0.39 is 11.8 Å². The summed E-state index contributed by atoms with van der Waals surface area (Å²) in [6.07, 6.45) is 2.07. The molecule has 166 valence electrons. The number of nitrogens with zero attached hydrogens (tertiary/aromatic N) is 3. The van der Waals surface area contributed by atoms with Crippen molar-refractivity contribution in [1.29, 1.82) is 0 Å². The van der Waals surface area contributed by atoms with Crippen LogP contribution >= 0.6 is 23.2 Å². The molecule has 3 rings (SSSR count). The van der Waals surface area contributed by atoms with Crippen molar-refractivity contribution in [3.05, 3.63) is 45.2 Å². The molecular weight excluding hydrogens is 441 g/mol. The molecule has 0 spiro atoms. The standard InChI is InChI=1S/C21H25Cl2N5O3/c1-13-19(14(2)28(26-13)12-15-6-7-16(22)11-17(15)23)25-21(31)20(30)24-8-4-10-27-9-3-5-18(27)29/h6-7,11H,3-5,8-10,12H2,1-2H3,(H,24,30)(H,25,31). The molecule has 0 bridgehead atoms. The molecule has 8 nitrogen and oxygen atoms in total. The zero-order chi connectivity index (χ0) is 22.5. The zero-order valence-corrected chi connectivity index (χ0v) is 19.0. The van der Waals surface area contributed by atoms with Crippen LogP contribution in [0.5, 0.6) is 0 Å². The van der Waals surface area contributed by atoms with E-state index in [0.29, 0.717) is 59.6 Å². The number of halogens is 2. The van der Waals surface area contributed by atoms with Gasteiger partial charge < -0.3 is 15.5 Å². The topological polar surface area (TPSA) is 96.3 Å². The van der Waals surface area contributed by atoms with Gasteiger partial charge in [-0.05, 0) is 44.4 Å². The second kappa shape index (κ2) is 10.2. The van der Waals surface area contributed by atoms with Crippen LogP contribution in [0.4, 0.5) is 5.69 Å². The maximum absolute atomic E-state index is 12.3. The summed E-state index contributed by atoms with van der Waals surface area (Å²) in [6.45, 7) is 5.64. The molecule has 3 amide bonds. The molecule has 2 heterocycles. The van der Waals surface area contributed by atoms with Gasteiger partial charge in [0, 0.05) is 36.1 Å². The Morgan fingerprint density at radius 1 is 1.19 bits per heavy atom. The number of anilines is 1. The van der Waals surface area contributed by atoms with Crippen LogP contribution in [-0.2, 0) is 20.9 Å². The number of benzene rings is 1. The minimum Gasteiger partial charge on any atom is -0.348 e. The molecule has 0 unspecified atom stereocenters. The first-order valence-corrected chi connectivity index (χ1v) is 10.9. The van der Waals surface area contributed by atoms with Crippen molar-refractivity contribution in [2.45, 2.75) is 39.7 Å². The van der Waals surface area contributed by atoms with Crippen molar-refractivity contribution in [1.82, 2.24) is 20.0 Å². The molecular formula is C21H25Cl2N5O3. The van der Waals surface area contributed by atoms with Gasteiger partial charge in [-0.3, -0.25) is 19.1 Å². The minimum atomic E-state index is -0.757. The molecule has 2 aromatic rings. The zero-order valence-electron chi connectivity index (χ0n) is 17.5.